The van der Waals surface area contributed by atoms with E-state index in [0.717, 1.165) is 109 Å². The van der Waals surface area contributed by atoms with Gasteiger partial charge in [0.2, 0.25) is 0 Å². The Bertz CT molecular complexity index is 1430. The average Bonchev–Trinajstić information content (AvgIpc) is 3.39. The summed E-state index contributed by atoms with van der Waals surface area (Å²) in [4.78, 5) is 48.6. The molecule has 0 saturated carbocycles. The molecule has 0 radical (unpaired) electrons. The standard InChI is InChI=1S/C62H113O11P/c1-4-7-10-13-16-19-22-25-28-29-32-35-38-41-44-47-50-53-62(66)73-59(55-69-60(64)51-48-45-42-39-36-33-30-26-23-20-17-14-11-8-5-2)57-71-74(67,68)70-56-58(54-63)72-61(65)52-49-46-43-40-37-34-31-27-24-21-18-15-12-9-6-3/h9,12,18,21,26-27,30-31,58-59,63H,4-8,10-11,13-17,19-20,22-25,28-29,32-57H2,1-3H3,(H,67,68)/b12-9-,21-18-,30-26-,31-27-. The molecule has 2 N–H and O–H groups in total. The molecule has 74 heavy (non-hydrogen) atoms. The Kier molecular flexibility index (Phi) is 54.7. The van der Waals surface area contributed by atoms with Crippen molar-refractivity contribution in [2.24, 2.45) is 0 Å². The van der Waals surface area contributed by atoms with Crippen LogP contribution < -0.4 is 0 Å². The molecule has 0 amide bonds. The number of carbonyl (C=O) groups is 3. The normalized spacial score (nSPS) is 13.6. The predicted molar refractivity (Wildman–Crippen MR) is 307 cm³/mol. The minimum Gasteiger partial charge on any atom is -0.462 e. The van der Waals surface area contributed by atoms with Crippen molar-refractivity contribution in [2.75, 3.05) is 26.4 Å². The van der Waals surface area contributed by atoms with Crippen molar-refractivity contribution in [3.05, 3.63) is 48.6 Å². The van der Waals surface area contributed by atoms with E-state index in [4.69, 9.17) is 23.3 Å². The van der Waals surface area contributed by atoms with Crippen molar-refractivity contribution >= 4 is 25.7 Å². The zero-order valence-corrected chi connectivity index (χ0v) is 48.7. The van der Waals surface area contributed by atoms with E-state index in [1.807, 2.05) is 0 Å². The molecular weight excluding hydrogens is 952 g/mol. The summed E-state index contributed by atoms with van der Waals surface area (Å²) in [6.07, 6.45) is 60.6. The first-order chi connectivity index (χ1) is 36.2. The number of rotatable bonds is 57. The third kappa shape index (κ3) is 54.2. The number of hydrogen-bond acceptors (Lipinski definition) is 10. The molecule has 0 aliphatic heterocycles. The molecule has 12 heteroatoms. The molecule has 432 valence electrons. The summed E-state index contributed by atoms with van der Waals surface area (Å²) in [5.74, 6) is -1.47. The fourth-order valence-electron chi connectivity index (χ4n) is 8.60. The number of esters is 3. The Morgan fingerprint density at radius 1 is 0.392 bits per heavy atom. The van der Waals surface area contributed by atoms with Crippen LogP contribution in [0.5, 0.6) is 0 Å². The highest BCUT2D eigenvalue weighted by Gasteiger charge is 2.28. The van der Waals surface area contributed by atoms with E-state index in [2.05, 4.69) is 69.4 Å². The van der Waals surface area contributed by atoms with E-state index < -0.39 is 57.8 Å². The van der Waals surface area contributed by atoms with Gasteiger partial charge in [0.1, 0.15) is 12.7 Å². The Hall–Kier alpha value is -2.56. The van der Waals surface area contributed by atoms with Crippen LogP contribution in [0.25, 0.3) is 0 Å². The Morgan fingerprint density at radius 3 is 1.09 bits per heavy atom. The average molecular weight is 1070 g/mol. The van der Waals surface area contributed by atoms with Crippen LogP contribution in [0.3, 0.4) is 0 Å². The van der Waals surface area contributed by atoms with E-state index in [9.17, 15) is 28.9 Å². The molecule has 0 bridgehead atoms. The van der Waals surface area contributed by atoms with Gasteiger partial charge in [-0.25, -0.2) is 4.57 Å². The maximum absolute atomic E-state index is 12.9. The summed E-state index contributed by atoms with van der Waals surface area (Å²) >= 11 is 0. The van der Waals surface area contributed by atoms with Gasteiger partial charge < -0.3 is 24.2 Å². The Balaban J connectivity index is 4.70. The summed E-state index contributed by atoms with van der Waals surface area (Å²) in [5.41, 5.74) is 0. The van der Waals surface area contributed by atoms with Crippen LogP contribution in [0.1, 0.15) is 290 Å². The number of phosphoric ester groups is 1. The summed E-state index contributed by atoms with van der Waals surface area (Å²) < 4.78 is 39.6. The highest BCUT2D eigenvalue weighted by molar-refractivity contribution is 7.47. The van der Waals surface area contributed by atoms with Gasteiger partial charge in [-0.15, -0.1) is 0 Å². The first kappa shape index (κ1) is 71.4. The lowest BCUT2D eigenvalue weighted by Gasteiger charge is -2.21. The van der Waals surface area contributed by atoms with Crippen molar-refractivity contribution < 1.29 is 52.2 Å². The number of aliphatic hydroxyl groups excluding tert-OH is 1. The van der Waals surface area contributed by atoms with Crippen LogP contribution in [0, 0.1) is 0 Å². The molecule has 0 aromatic rings. The van der Waals surface area contributed by atoms with Crippen molar-refractivity contribution in [2.45, 2.75) is 303 Å². The number of ether oxygens (including phenoxy) is 3. The highest BCUT2D eigenvalue weighted by Crippen LogP contribution is 2.43. The Labute approximate surface area is 453 Å². The lowest BCUT2D eigenvalue weighted by molar-refractivity contribution is -0.161. The fourth-order valence-corrected chi connectivity index (χ4v) is 9.39. The second kappa shape index (κ2) is 56.6. The number of aliphatic hydroxyl groups is 1. The molecule has 3 atom stereocenters. The molecule has 0 fully saturated rings. The zero-order valence-electron chi connectivity index (χ0n) is 47.8. The lowest BCUT2D eigenvalue weighted by Crippen LogP contribution is -2.30. The monoisotopic (exact) mass is 1060 g/mol. The van der Waals surface area contributed by atoms with Gasteiger partial charge in [0, 0.05) is 19.3 Å². The van der Waals surface area contributed by atoms with Crippen LogP contribution in [0.2, 0.25) is 0 Å². The molecule has 3 unspecified atom stereocenters. The largest absolute Gasteiger partial charge is 0.472 e. The molecule has 0 aromatic heterocycles. The van der Waals surface area contributed by atoms with Crippen LogP contribution in [-0.2, 0) is 42.2 Å². The zero-order chi connectivity index (χ0) is 54.1. The first-order valence-corrected chi connectivity index (χ1v) is 32.0. The molecule has 11 nitrogen and oxygen atoms in total. The highest BCUT2D eigenvalue weighted by atomic mass is 31.2. The van der Waals surface area contributed by atoms with Crippen molar-refractivity contribution in [3.8, 4) is 0 Å². The molecule has 0 aliphatic rings. The van der Waals surface area contributed by atoms with Crippen LogP contribution in [0.4, 0.5) is 0 Å². The smallest absolute Gasteiger partial charge is 0.462 e. The minimum absolute atomic E-state index is 0.159. The van der Waals surface area contributed by atoms with Crippen LogP contribution in [0.15, 0.2) is 48.6 Å². The predicted octanol–water partition coefficient (Wildman–Crippen LogP) is 18.1. The molecule has 0 aromatic carbocycles. The number of carbonyl (C=O) groups excluding carboxylic acids is 3. The second-order valence-corrected chi connectivity index (χ2v) is 21.9. The van der Waals surface area contributed by atoms with E-state index in [1.54, 1.807) is 0 Å². The van der Waals surface area contributed by atoms with Crippen LogP contribution in [-0.4, -0.2) is 66.5 Å². The molecule has 0 spiro atoms. The number of hydrogen-bond donors (Lipinski definition) is 2. The summed E-state index contributed by atoms with van der Waals surface area (Å²) in [7, 11) is -4.75. The summed E-state index contributed by atoms with van der Waals surface area (Å²) in [6, 6.07) is 0. The maximum Gasteiger partial charge on any atom is 0.472 e. The molecule has 0 saturated heterocycles. The van der Waals surface area contributed by atoms with Gasteiger partial charge in [-0.3, -0.25) is 23.4 Å². The van der Waals surface area contributed by atoms with Gasteiger partial charge >= 0.3 is 25.7 Å². The molecule has 0 rings (SSSR count). The van der Waals surface area contributed by atoms with Gasteiger partial charge in [0.25, 0.3) is 0 Å². The molecule has 0 heterocycles. The Morgan fingerprint density at radius 2 is 0.703 bits per heavy atom. The first-order valence-electron chi connectivity index (χ1n) is 30.5. The van der Waals surface area contributed by atoms with Gasteiger partial charge in [-0.1, -0.05) is 243 Å². The van der Waals surface area contributed by atoms with E-state index in [-0.39, 0.29) is 25.9 Å². The number of unbranched alkanes of at least 4 members (excludes halogenated alkanes) is 32. The van der Waals surface area contributed by atoms with E-state index in [1.165, 1.54) is 122 Å². The molecular formula is C62H113O11P. The summed E-state index contributed by atoms with van der Waals surface area (Å²) in [5, 5.41) is 9.82. The maximum atomic E-state index is 12.9. The van der Waals surface area contributed by atoms with Crippen molar-refractivity contribution in [3.63, 3.8) is 0 Å². The minimum atomic E-state index is -4.75. The van der Waals surface area contributed by atoms with E-state index >= 15 is 0 Å². The van der Waals surface area contributed by atoms with Gasteiger partial charge in [0.05, 0.1) is 19.8 Å². The van der Waals surface area contributed by atoms with Gasteiger partial charge in [-0.2, -0.15) is 0 Å². The molecule has 0 aliphatic carbocycles. The van der Waals surface area contributed by atoms with Crippen molar-refractivity contribution in [1.29, 1.82) is 0 Å². The third-order valence-electron chi connectivity index (χ3n) is 13.2. The van der Waals surface area contributed by atoms with Gasteiger partial charge in [0.15, 0.2) is 6.10 Å². The number of phosphoric acid groups is 1. The van der Waals surface area contributed by atoms with Crippen molar-refractivity contribution in [1.82, 2.24) is 0 Å². The SMILES string of the molecule is CC/C=C\C/C=C\C/C=C\CCCCCCCC(=O)OC(CO)COP(=O)(O)OCC(COC(=O)CCCCCCC/C=C\CCCCCCCC)OC(=O)CCCCCCCCCCCCCCCCCCC. The topological polar surface area (TPSA) is 155 Å². The second-order valence-electron chi connectivity index (χ2n) is 20.5. The summed E-state index contributed by atoms with van der Waals surface area (Å²) in [6.45, 7) is 4.55. The number of allylic oxidation sites excluding steroid dienone is 8. The fraction of sp³-hybridized carbons (Fsp3) is 0.823. The lowest BCUT2D eigenvalue weighted by atomic mass is 10.0. The third-order valence-corrected chi connectivity index (χ3v) is 14.2. The van der Waals surface area contributed by atoms with Crippen LogP contribution >= 0.6 is 7.82 Å². The van der Waals surface area contributed by atoms with Gasteiger partial charge in [-0.05, 0) is 77.0 Å². The van der Waals surface area contributed by atoms with E-state index in [0.29, 0.717) is 19.3 Å². The quantitative estimate of drug-likeness (QED) is 0.0197.